The van der Waals surface area contributed by atoms with Gasteiger partial charge in [0.2, 0.25) is 11.2 Å². The van der Waals surface area contributed by atoms with Crippen molar-refractivity contribution in [2.24, 2.45) is 0 Å². The molecule has 0 saturated heterocycles. The molecule has 0 aliphatic carbocycles. The summed E-state index contributed by atoms with van der Waals surface area (Å²) in [6, 6.07) is 12.2. The predicted molar refractivity (Wildman–Crippen MR) is 93.9 cm³/mol. The number of fused-ring (bicyclic) bond motifs is 1. The van der Waals surface area contributed by atoms with Crippen molar-refractivity contribution in [1.29, 1.82) is 0 Å². The van der Waals surface area contributed by atoms with Gasteiger partial charge in [-0.2, -0.15) is 0 Å². The van der Waals surface area contributed by atoms with Gasteiger partial charge in [-0.05, 0) is 32.4 Å². The van der Waals surface area contributed by atoms with Gasteiger partial charge in [0, 0.05) is 17.8 Å². The summed E-state index contributed by atoms with van der Waals surface area (Å²) in [6.07, 6.45) is 0.218. The summed E-state index contributed by atoms with van der Waals surface area (Å²) in [5.41, 5.74) is -0.0603. The Morgan fingerprint density at radius 2 is 1.58 bits per heavy atom. The molecule has 136 valence electrons. The van der Waals surface area contributed by atoms with Crippen molar-refractivity contribution in [3.8, 4) is 0 Å². The Bertz CT molecular complexity index is 819. The van der Waals surface area contributed by atoms with Crippen LogP contribution in [0.25, 0.3) is 0 Å². The number of benzene rings is 1. The highest BCUT2D eigenvalue weighted by molar-refractivity contribution is 6.10. The molecule has 6 nitrogen and oxygen atoms in total. The molecule has 0 amide bonds. The summed E-state index contributed by atoms with van der Waals surface area (Å²) < 4.78 is 12.1. The fourth-order valence-electron chi connectivity index (χ4n) is 3.43. The van der Waals surface area contributed by atoms with E-state index in [1.165, 1.54) is 0 Å². The zero-order chi connectivity index (χ0) is 18.7. The van der Waals surface area contributed by atoms with Gasteiger partial charge in [0.25, 0.3) is 0 Å². The standard InChI is InChI=1S/C20H21NO5/c1-3-25-18(23)20(19(24)26-4-2)12-13-21-15(10-11-16(20)21)17(22)14-8-6-5-7-9-14/h5-11H,3-4,12-13H2,1-2H3. The van der Waals surface area contributed by atoms with Crippen LogP contribution in [0.15, 0.2) is 42.5 Å². The van der Waals surface area contributed by atoms with Gasteiger partial charge < -0.3 is 14.0 Å². The van der Waals surface area contributed by atoms with Gasteiger partial charge in [-0.25, -0.2) is 0 Å². The first kappa shape index (κ1) is 17.9. The summed E-state index contributed by atoms with van der Waals surface area (Å²) >= 11 is 0. The maximum atomic E-state index is 12.8. The number of carbonyl (C=O) groups excluding carboxylic acids is 3. The van der Waals surface area contributed by atoms with Crippen LogP contribution in [-0.4, -0.2) is 35.5 Å². The molecular weight excluding hydrogens is 334 g/mol. The van der Waals surface area contributed by atoms with Crippen molar-refractivity contribution in [1.82, 2.24) is 4.57 Å². The van der Waals surface area contributed by atoms with Crippen LogP contribution >= 0.6 is 0 Å². The van der Waals surface area contributed by atoms with E-state index in [0.29, 0.717) is 23.5 Å². The molecule has 3 rings (SSSR count). The first-order chi connectivity index (χ1) is 12.6. The van der Waals surface area contributed by atoms with Gasteiger partial charge in [-0.15, -0.1) is 0 Å². The molecule has 1 aromatic carbocycles. The molecule has 26 heavy (non-hydrogen) atoms. The number of nitrogens with zero attached hydrogens (tertiary/aromatic N) is 1. The van der Waals surface area contributed by atoms with Gasteiger partial charge in [0.1, 0.15) is 0 Å². The third-order valence-corrected chi connectivity index (χ3v) is 4.64. The third-order valence-electron chi connectivity index (χ3n) is 4.64. The first-order valence-electron chi connectivity index (χ1n) is 8.70. The molecule has 0 unspecified atom stereocenters. The molecule has 0 atom stereocenters. The Morgan fingerprint density at radius 1 is 0.962 bits per heavy atom. The Balaban J connectivity index is 2.05. The average molecular weight is 355 g/mol. The number of rotatable bonds is 6. The lowest BCUT2D eigenvalue weighted by atomic mass is 9.83. The molecule has 0 fully saturated rings. The van der Waals surface area contributed by atoms with Crippen LogP contribution < -0.4 is 0 Å². The van der Waals surface area contributed by atoms with Crippen molar-refractivity contribution in [2.45, 2.75) is 32.2 Å². The van der Waals surface area contributed by atoms with E-state index in [9.17, 15) is 14.4 Å². The fraction of sp³-hybridized carbons (Fsp3) is 0.350. The van der Waals surface area contributed by atoms with Crippen molar-refractivity contribution in [3.63, 3.8) is 0 Å². The van der Waals surface area contributed by atoms with E-state index in [1.54, 1.807) is 54.8 Å². The number of ether oxygens (including phenoxy) is 2. The molecule has 2 heterocycles. The Hall–Kier alpha value is -2.89. The van der Waals surface area contributed by atoms with E-state index in [4.69, 9.17) is 9.47 Å². The molecule has 6 heteroatoms. The lowest BCUT2D eigenvalue weighted by molar-refractivity contribution is -0.164. The highest BCUT2D eigenvalue weighted by Crippen LogP contribution is 2.39. The van der Waals surface area contributed by atoms with Gasteiger partial charge in [0.15, 0.2) is 0 Å². The number of hydrogen-bond donors (Lipinski definition) is 0. The van der Waals surface area contributed by atoms with E-state index in [0.717, 1.165) is 0 Å². The minimum Gasteiger partial charge on any atom is -0.465 e. The van der Waals surface area contributed by atoms with E-state index < -0.39 is 17.4 Å². The molecule has 1 aliphatic rings. The predicted octanol–water partition coefficient (Wildman–Crippen LogP) is 2.49. The normalized spacial score (nSPS) is 14.5. The molecule has 0 saturated carbocycles. The van der Waals surface area contributed by atoms with Gasteiger partial charge >= 0.3 is 11.9 Å². The van der Waals surface area contributed by atoms with Gasteiger partial charge in [0.05, 0.1) is 18.9 Å². The van der Waals surface area contributed by atoms with Crippen molar-refractivity contribution < 1.29 is 23.9 Å². The van der Waals surface area contributed by atoms with E-state index >= 15 is 0 Å². The SMILES string of the molecule is CCOC(=O)C1(C(=O)OCC)CCn2c(C(=O)c3ccccc3)ccc21. The molecule has 0 radical (unpaired) electrons. The summed E-state index contributed by atoms with van der Waals surface area (Å²) in [5.74, 6) is -1.41. The number of ketones is 1. The molecule has 0 spiro atoms. The molecule has 1 aliphatic heterocycles. The van der Waals surface area contributed by atoms with Crippen molar-refractivity contribution >= 4 is 17.7 Å². The van der Waals surface area contributed by atoms with E-state index in [1.807, 2.05) is 6.07 Å². The summed E-state index contributed by atoms with van der Waals surface area (Å²) in [5, 5.41) is 0. The van der Waals surface area contributed by atoms with Gasteiger partial charge in [-0.1, -0.05) is 30.3 Å². The van der Waals surface area contributed by atoms with Crippen LogP contribution in [0.4, 0.5) is 0 Å². The molecule has 0 N–H and O–H groups in total. The summed E-state index contributed by atoms with van der Waals surface area (Å²) in [4.78, 5) is 38.2. The summed E-state index contributed by atoms with van der Waals surface area (Å²) in [7, 11) is 0. The zero-order valence-electron chi connectivity index (χ0n) is 14.9. The second kappa shape index (κ2) is 7.15. The molecule has 0 bridgehead atoms. The molecule has 1 aromatic heterocycles. The topological polar surface area (TPSA) is 74.6 Å². The van der Waals surface area contributed by atoms with Crippen LogP contribution in [0.3, 0.4) is 0 Å². The second-order valence-electron chi connectivity index (χ2n) is 6.05. The Morgan fingerprint density at radius 3 is 2.15 bits per heavy atom. The van der Waals surface area contributed by atoms with Gasteiger partial charge in [-0.3, -0.25) is 14.4 Å². The van der Waals surface area contributed by atoms with Crippen LogP contribution in [0, 0.1) is 0 Å². The van der Waals surface area contributed by atoms with E-state index in [2.05, 4.69) is 0 Å². The zero-order valence-corrected chi connectivity index (χ0v) is 14.9. The largest absolute Gasteiger partial charge is 0.465 e. The monoisotopic (exact) mass is 355 g/mol. The lowest BCUT2D eigenvalue weighted by Gasteiger charge is -2.23. The first-order valence-corrected chi connectivity index (χ1v) is 8.70. The quantitative estimate of drug-likeness (QED) is 0.452. The third kappa shape index (κ3) is 2.71. The maximum Gasteiger partial charge on any atom is 0.329 e. The average Bonchev–Trinajstić information content (AvgIpc) is 3.23. The number of hydrogen-bond acceptors (Lipinski definition) is 5. The minimum atomic E-state index is -1.51. The molecular formula is C20H21NO5. The lowest BCUT2D eigenvalue weighted by Crippen LogP contribution is -2.44. The van der Waals surface area contributed by atoms with Crippen molar-refractivity contribution in [3.05, 3.63) is 59.4 Å². The molecule has 2 aromatic rings. The van der Waals surface area contributed by atoms with Crippen LogP contribution in [0.1, 0.15) is 42.0 Å². The summed E-state index contributed by atoms with van der Waals surface area (Å²) in [6.45, 7) is 4.07. The Kier molecular flexibility index (Phi) is 4.93. The van der Waals surface area contributed by atoms with Crippen LogP contribution in [-0.2, 0) is 31.0 Å². The van der Waals surface area contributed by atoms with E-state index in [-0.39, 0.29) is 25.4 Å². The second-order valence-corrected chi connectivity index (χ2v) is 6.05. The maximum absolute atomic E-state index is 12.8. The van der Waals surface area contributed by atoms with Crippen LogP contribution in [0.2, 0.25) is 0 Å². The number of aromatic nitrogens is 1. The highest BCUT2D eigenvalue weighted by atomic mass is 16.6. The number of esters is 2. The van der Waals surface area contributed by atoms with Crippen LogP contribution in [0.5, 0.6) is 0 Å². The van der Waals surface area contributed by atoms with Crippen molar-refractivity contribution in [2.75, 3.05) is 13.2 Å². The Labute approximate surface area is 151 Å². The fourth-order valence-corrected chi connectivity index (χ4v) is 3.43. The smallest absolute Gasteiger partial charge is 0.329 e. The minimum absolute atomic E-state index is 0.152. The number of carbonyl (C=O) groups is 3. The highest BCUT2D eigenvalue weighted by Gasteiger charge is 2.55.